The smallest absolute Gasteiger partial charge is 0.138 e. The zero-order chi connectivity index (χ0) is 14.8. The van der Waals surface area contributed by atoms with E-state index in [4.69, 9.17) is 5.26 Å². The van der Waals surface area contributed by atoms with Gasteiger partial charge < -0.3 is 10.4 Å². The molecule has 1 atom stereocenters. The van der Waals surface area contributed by atoms with Gasteiger partial charge in [0.1, 0.15) is 11.8 Å². The maximum absolute atomic E-state index is 10.4. The number of phenolic OH excluding ortho intramolecular Hbond substituents is 1. The van der Waals surface area contributed by atoms with E-state index in [0.717, 1.165) is 31.7 Å². The molecule has 1 saturated heterocycles. The topological polar surface area (TPSA) is 59.3 Å². The molecule has 1 aromatic carbocycles. The number of hydrogen-bond acceptors (Lipinski definition) is 4. The molecule has 0 bridgehead atoms. The molecule has 0 aromatic heterocycles. The van der Waals surface area contributed by atoms with Crippen molar-refractivity contribution in [1.82, 2.24) is 10.2 Å². The van der Waals surface area contributed by atoms with Gasteiger partial charge in [0.05, 0.1) is 5.56 Å². The first-order valence-electron chi connectivity index (χ1n) is 7.12. The van der Waals surface area contributed by atoms with E-state index in [1.807, 2.05) is 12.1 Å². The van der Waals surface area contributed by atoms with Crippen LogP contribution < -0.4 is 5.32 Å². The lowest BCUT2D eigenvalue weighted by atomic mass is 9.80. The Labute approximate surface area is 145 Å². The van der Waals surface area contributed by atoms with E-state index in [0.29, 0.717) is 5.56 Å². The van der Waals surface area contributed by atoms with Gasteiger partial charge in [-0.15, -0.1) is 24.8 Å². The summed E-state index contributed by atoms with van der Waals surface area (Å²) in [6, 6.07) is 7.63. The van der Waals surface area contributed by atoms with Gasteiger partial charge in [-0.3, -0.25) is 4.90 Å². The Hall–Kier alpha value is -0.990. The third-order valence-electron chi connectivity index (χ3n) is 3.82. The molecule has 0 radical (unpaired) electrons. The third kappa shape index (κ3) is 4.50. The molecule has 0 amide bonds. The molecule has 1 aliphatic rings. The average Bonchev–Trinajstić information content (AvgIpc) is 2.41. The lowest BCUT2D eigenvalue weighted by Gasteiger charge is -2.42. The van der Waals surface area contributed by atoms with E-state index in [2.05, 4.69) is 37.1 Å². The standard InChI is InChI=1S/C16H23N3O.2ClH/c1-16(2,3)15(19-9-7-18-8-10-19)13-6-4-5-12(11-17)14(13)20;;/h4-6,15,18,20H,7-10H2,1-3H3;2*1H/t15-;;/m0../s1. The number of nitriles is 1. The Kier molecular flexibility index (Phi) is 8.21. The Morgan fingerprint density at radius 2 is 1.82 bits per heavy atom. The van der Waals surface area contributed by atoms with Gasteiger partial charge in [0.2, 0.25) is 0 Å². The van der Waals surface area contributed by atoms with Crippen LogP contribution in [0.1, 0.15) is 37.9 Å². The van der Waals surface area contributed by atoms with E-state index in [-0.39, 0.29) is 42.0 Å². The van der Waals surface area contributed by atoms with Crippen LogP contribution in [0.25, 0.3) is 0 Å². The summed E-state index contributed by atoms with van der Waals surface area (Å²) in [6.45, 7) is 10.4. The summed E-state index contributed by atoms with van der Waals surface area (Å²) >= 11 is 0. The quantitative estimate of drug-likeness (QED) is 0.864. The molecule has 22 heavy (non-hydrogen) atoms. The summed E-state index contributed by atoms with van der Waals surface area (Å²) in [6.07, 6.45) is 0. The zero-order valence-corrected chi connectivity index (χ0v) is 14.9. The van der Waals surface area contributed by atoms with Crippen molar-refractivity contribution in [1.29, 1.82) is 5.26 Å². The van der Waals surface area contributed by atoms with Crippen LogP contribution >= 0.6 is 24.8 Å². The SMILES string of the molecule is CC(C)(C)[C@H](c1cccc(C#N)c1O)N1CCNCC1.Cl.Cl. The molecule has 0 spiro atoms. The van der Waals surface area contributed by atoms with Gasteiger partial charge in [0.15, 0.2) is 0 Å². The maximum Gasteiger partial charge on any atom is 0.138 e. The summed E-state index contributed by atoms with van der Waals surface area (Å²) in [7, 11) is 0. The Bertz CT molecular complexity index is 517. The fourth-order valence-electron chi connectivity index (χ4n) is 3.02. The number of hydrogen-bond donors (Lipinski definition) is 2. The number of benzene rings is 1. The molecule has 2 N–H and O–H groups in total. The molecule has 0 saturated carbocycles. The normalized spacial score (nSPS) is 16.8. The van der Waals surface area contributed by atoms with Crippen molar-refractivity contribution in [3.63, 3.8) is 0 Å². The minimum absolute atomic E-state index is 0. The second-order valence-electron chi connectivity index (χ2n) is 6.41. The van der Waals surface area contributed by atoms with Crippen LogP contribution in [0.15, 0.2) is 18.2 Å². The van der Waals surface area contributed by atoms with Crippen molar-refractivity contribution in [2.45, 2.75) is 26.8 Å². The summed E-state index contributed by atoms with van der Waals surface area (Å²) in [5.74, 6) is 0.133. The van der Waals surface area contributed by atoms with Crippen LogP contribution in [0.2, 0.25) is 0 Å². The van der Waals surface area contributed by atoms with Crippen molar-refractivity contribution in [2.75, 3.05) is 26.2 Å². The first-order valence-corrected chi connectivity index (χ1v) is 7.12. The highest BCUT2D eigenvalue weighted by atomic mass is 35.5. The first-order chi connectivity index (χ1) is 9.45. The predicted molar refractivity (Wildman–Crippen MR) is 94.0 cm³/mol. The monoisotopic (exact) mass is 345 g/mol. The summed E-state index contributed by atoms with van der Waals surface area (Å²) in [5, 5.41) is 22.8. The van der Waals surface area contributed by atoms with Crippen LogP contribution in [0.3, 0.4) is 0 Å². The number of rotatable bonds is 2. The molecule has 0 aliphatic carbocycles. The number of piperazine rings is 1. The minimum atomic E-state index is -0.0110. The maximum atomic E-state index is 10.4. The van der Waals surface area contributed by atoms with Crippen molar-refractivity contribution >= 4 is 24.8 Å². The fourth-order valence-corrected chi connectivity index (χ4v) is 3.02. The number of aromatic hydroxyl groups is 1. The molecule has 1 aliphatic heterocycles. The van der Waals surface area contributed by atoms with Gasteiger partial charge in [-0.2, -0.15) is 5.26 Å². The highest BCUT2D eigenvalue weighted by Crippen LogP contribution is 2.42. The molecule has 124 valence electrons. The van der Waals surface area contributed by atoms with Gasteiger partial charge in [-0.25, -0.2) is 0 Å². The van der Waals surface area contributed by atoms with E-state index >= 15 is 0 Å². The number of nitrogens with one attached hydrogen (secondary N) is 1. The summed E-state index contributed by atoms with van der Waals surface area (Å²) < 4.78 is 0. The summed E-state index contributed by atoms with van der Waals surface area (Å²) in [4.78, 5) is 2.40. The Balaban J connectivity index is 0.00000220. The highest BCUT2D eigenvalue weighted by Gasteiger charge is 2.34. The number of phenols is 1. The average molecular weight is 346 g/mol. The molecular weight excluding hydrogens is 321 g/mol. The molecule has 1 heterocycles. The second kappa shape index (κ2) is 8.59. The minimum Gasteiger partial charge on any atom is -0.506 e. The first kappa shape index (κ1) is 21.0. The van der Waals surface area contributed by atoms with Crippen molar-refractivity contribution in [2.24, 2.45) is 5.41 Å². The van der Waals surface area contributed by atoms with E-state index in [9.17, 15) is 5.11 Å². The molecule has 6 heteroatoms. The van der Waals surface area contributed by atoms with Crippen LogP contribution in [0, 0.1) is 16.7 Å². The summed E-state index contributed by atoms with van der Waals surface area (Å²) in [5.41, 5.74) is 1.20. The predicted octanol–water partition coefficient (Wildman–Crippen LogP) is 3.10. The van der Waals surface area contributed by atoms with Crippen LogP contribution in [-0.2, 0) is 0 Å². The van der Waals surface area contributed by atoms with Gasteiger partial charge >= 0.3 is 0 Å². The van der Waals surface area contributed by atoms with Gasteiger partial charge in [-0.1, -0.05) is 32.9 Å². The van der Waals surface area contributed by atoms with Crippen molar-refractivity contribution in [3.8, 4) is 11.8 Å². The second-order valence-corrected chi connectivity index (χ2v) is 6.41. The van der Waals surface area contributed by atoms with Gasteiger partial charge in [0, 0.05) is 37.8 Å². The van der Waals surface area contributed by atoms with Crippen LogP contribution in [0.4, 0.5) is 0 Å². The Morgan fingerprint density at radius 3 is 2.32 bits per heavy atom. The molecule has 1 aromatic rings. The van der Waals surface area contributed by atoms with Gasteiger partial charge in [-0.05, 0) is 11.5 Å². The lowest BCUT2D eigenvalue weighted by molar-refractivity contribution is 0.0842. The number of para-hydroxylation sites is 1. The van der Waals surface area contributed by atoms with E-state index in [1.165, 1.54) is 0 Å². The fraction of sp³-hybridized carbons (Fsp3) is 0.562. The number of halogens is 2. The number of nitrogens with zero attached hydrogens (tertiary/aromatic N) is 2. The third-order valence-corrected chi connectivity index (χ3v) is 3.82. The van der Waals surface area contributed by atoms with E-state index < -0.39 is 0 Å². The molecule has 2 rings (SSSR count). The largest absolute Gasteiger partial charge is 0.506 e. The van der Waals surface area contributed by atoms with E-state index in [1.54, 1.807) is 6.07 Å². The lowest BCUT2D eigenvalue weighted by Crippen LogP contribution is -2.48. The molecule has 0 unspecified atom stereocenters. The molecular formula is C16H25Cl2N3O. The van der Waals surface area contributed by atoms with Crippen molar-refractivity contribution < 1.29 is 5.11 Å². The van der Waals surface area contributed by atoms with Gasteiger partial charge in [0.25, 0.3) is 0 Å². The molecule has 1 fully saturated rings. The van der Waals surface area contributed by atoms with Crippen LogP contribution in [0.5, 0.6) is 5.75 Å². The van der Waals surface area contributed by atoms with Crippen molar-refractivity contribution in [3.05, 3.63) is 29.3 Å². The molecule has 4 nitrogen and oxygen atoms in total. The highest BCUT2D eigenvalue weighted by molar-refractivity contribution is 5.85. The van der Waals surface area contributed by atoms with Crippen LogP contribution in [-0.4, -0.2) is 36.2 Å². The Morgan fingerprint density at radius 1 is 1.23 bits per heavy atom. The zero-order valence-electron chi connectivity index (χ0n) is 13.3.